The number of nitrogens with one attached hydrogen (secondary N) is 1. The van der Waals surface area contributed by atoms with Gasteiger partial charge < -0.3 is 10.4 Å². The smallest absolute Gasteiger partial charge is 0.306 e. The van der Waals surface area contributed by atoms with Crippen molar-refractivity contribution in [2.24, 2.45) is 17.3 Å². The van der Waals surface area contributed by atoms with E-state index >= 15 is 0 Å². The van der Waals surface area contributed by atoms with Crippen LogP contribution in [0.3, 0.4) is 0 Å². The molecular formula is C14H25NO3. The highest BCUT2D eigenvalue weighted by atomic mass is 16.4. The Hall–Kier alpha value is -1.06. The second kappa shape index (κ2) is 5.72. The summed E-state index contributed by atoms with van der Waals surface area (Å²) in [5, 5.41) is 11.9. The van der Waals surface area contributed by atoms with E-state index in [2.05, 4.69) is 19.2 Å². The molecule has 2 atom stereocenters. The van der Waals surface area contributed by atoms with Crippen molar-refractivity contribution in [3.05, 3.63) is 0 Å². The van der Waals surface area contributed by atoms with E-state index in [1.165, 1.54) is 0 Å². The van der Waals surface area contributed by atoms with Crippen molar-refractivity contribution in [2.45, 2.75) is 59.4 Å². The van der Waals surface area contributed by atoms with Crippen molar-refractivity contribution in [3.8, 4) is 0 Å². The summed E-state index contributed by atoms with van der Waals surface area (Å²) in [5.74, 6) is -0.509. The van der Waals surface area contributed by atoms with E-state index in [9.17, 15) is 9.59 Å². The van der Waals surface area contributed by atoms with Gasteiger partial charge in [-0.15, -0.1) is 0 Å². The third kappa shape index (κ3) is 4.00. The molecule has 4 heteroatoms. The highest BCUT2D eigenvalue weighted by Crippen LogP contribution is 2.29. The maximum atomic E-state index is 12.2. The first-order valence-electron chi connectivity index (χ1n) is 6.76. The maximum absolute atomic E-state index is 12.2. The molecule has 1 amide bonds. The molecule has 0 unspecified atom stereocenters. The Balaban J connectivity index is 2.48. The number of carboxylic acid groups (broad SMARTS) is 1. The van der Waals surface area contributed by atoms with Crippen LogP contribution in [0.1, 0.15) is 53.4 Å². The summed E-state index contributed by atoms with van der Waals surface area (Å²) in [6, 6.07) is 0.0324. The number of carbonyl (C=O) groups is 2. The van der Waals surface area contributed by atoms with E-state index in [0.717, 1.165) is 12.8 Å². The number of aliphatic carboxylic acids is 1. The van der Waals surface area contributed by atoms with Gasteiger partial charge in [-0.1, -0.05) is 27.7 Å². The van der Waals surface area contributed by atoms with Crippen LogP contribution in [-0.4, -0.2) is 23.0 Å². The van der Waals surface area contributed by atoms with Crippen molar-refractivity contribution < 1.29 is 14.7 Å². The zero-order valence-electron chi connectivity index (χ0n) is 11.8. The quantitative estimate of drug-likeness (QED) is 0.793. The fraction of sp³-hybridized carbons (Fsp3) is 0.857. The molecule has 18 heavy (non-hydrogen) atoms. The van der Waals surface area contributed by atoms with Crippen molar-refractivity contribution in [2.75, 3.05) is 0 Å². The van der Waals surface area contributed by atoms with Crippen LogP contribution < -0.4 is 5.32 Å². The van der Waals surface area contributed by atoms with Crippen molar-refractivity contribution in [3.63, 3.8) is 0 Å². The highest BCUT2D eigenvalue weighted by molar-refractivity contribution is 5.82. The van der Waals surface area contributed by atoms with E-state index < -0.39 is 5.97 Å². The molecule has 1 saturated carbocycles. The third-order valence-electron chi connectivity index (χ3n) is 3.65. The van der Waals surface area contributed by atoms with Gasteiger partial charge in [-0.25, -0.2) is 0 Å². The first-order chi connectivity index (χ1) is 8.22. The van der Waals surface area contributed by atoms with Gasteiger partial charge in [-0.3, -0.25) is 9.59 Å². The van der Waals surface area contributed by atoms with Gasteiger partial charge in [0.15, 0.2) is 0 Å². The van der Waals surface area contributed by atoms with Gasteiger partial charge in [-0.05, 0) is 31.6 Å². The fourth-order valence-electron chi connectivity index (χ4n) is 2.83. The number of carbonyl (C=O) groups excluding carboxylic acids is 1. The molecule has 0 aromatic heterocycles. The van der Waals surface area contributed by atoms with Crippen LogP contribution in [0.15, 0.2) is 0 Å². The van der Waals surface area contributed by atoms with Crippen LogP contribution in [0.2, 0.25) is 0 Å². The fourth-order valence-corrected chi connectivity index (χ4v) is 2.83. The first-order valence-corrected chi connectivity index (χ1v) is 6.76. The van der Waals surface area contributed by atoms with E-state index in [4.69, 9.17) is 5.11 Å². The molecule has 0 aromatic carbocycles. The summed E-state index contributed by atoms with van der Waals surface area (Å²) in [4.78, 5) is 23.0. The Kier molecular flexibility index (Phi) is 4.77. The van der Waals surface area contributed by atoms with Crippen LogP contribution in [-0.2, 0) is 9.59 Å². The summed E-state index contributed by atoms with van der Waals surface area (Å²) >= 11 is 0. The van der Waals surface area contributed by atoms with Gasteiger partial charge in [0.05, 0.1) is 5.92 Å². The molecule has 0 aromatic rings. The molecular weight excluding hydrogens is 230 g/mol. The standard InChI is InChI=1S/C14H25NO3/c1-9(2)8-14(3,4)13(18)15-11-6-5-10(7-11)12(16)17/h9-11H,5-8H2,1-4H3,(H,15,18)(H,16,17)/t10-,11+/m1/s1. The van der Waals surface area contributed by atoms with Crippen LogP contribution in [0.5, 0.6) is 0 Å². The largest absolute Gasteiger partial charge is 0.481 e. The minimum Gasteiger partial charge on any atom is -0.481 e. The average Bonchev–Trinajstić information content (AvgIpc) is 2.64. The lowest BCUT2D eigenvalue weighted by Crippen LogP contribution is -2.42. The van der Waals surface area contributed by atoms with Crippen molar-refractivity contribution in [1.82, 2.24) is 5.32 Å². The number of carboxylic acids is 1. The van der Waals surface area contributed by atoms with Crippen molar-refractivity contribution >= 4 is 11.9 Å². The molecule has 104 valence electrons. The molecule has 0 saturated heterocycles. The Morgan fingerprint density at radius 3 is 2.39 bits per heavy atom. The van der Waals surface area contributed by atoms with Gasteiger partial charge in [0.1, 0.15) is 0 Å². The number of rotatable bonds is 5. The molecule has 1 aliphatic rings. The van der Waals surface area contributed by atoms with Crippen LogP contribution >= 0.6 is 0 Å². The number of amides is 1. The van der Waals surface area contributed by atoms with Gasteiger partial charge in [0.2, 0.25) is 5.91 Å². The van der Waals surface area contributed by atoms with Crippen molar-refractivity contribution in [1.29, 1.82) is 0 Å². The SMILES string of the molecule is CC(C)CC(C)(C)C(=O)N[C@H]1CC[C@@H](C(=O)O)C1. The van der Waals surface area contributed by atoms with E-state index in [0.29, 0.717) is 18.8 Å². The monoisotopic (exact) mass is 255 g/mol. The third-order valence-corrected chi connectivity index (χ3v) is 3.65. The molecule has 4 nitrogen and oxygen atoms in total. The summed E-state index contributed by atoms with van der Waals surface area (Å²) < 4.78 is 0. The van der Waals surface area contributed by atoms with E-state index in [1.54, 1.807) is 0 Å². The zero-order valence-corrected chi connectivity index (χ0v) is 11.8. The van der Waals surface area contributed by atoms with Gasteiger partial charge in [-0.2, -0.15) is 0 Å². The molecule has 1 fully saturated rings. The van der Waals surface area contributed by atoms with E-state index in [-0.39, 0.29) is 23.3 Å². The summed E-state index contributed by atoms with van der Waals surface area (Å²) in [6.45, 7) is 8.11. The molecule has 0 aliphatic heterocycles. The topological polar surface area (TPSA) is 66.4 Å². The van der Waals surface area contributed by atoms with Gasteiger partial charge in [0.25, 0.3) is 0 Å². The maximum Gasteiger partial charge on any atom is 0.306 e. The predicted octanol–water partition coefficient (Wildman–Crippen LogP) is 2.43. The summed E-state index contributed by atoms with van der Waals surface area (Å²) in [7, 11) is 0. The summed E-state index contributed by atoms with van der Waals surface area (Å²) in [5.41, 5.74) is -0.379. The van der Waals surface area contributed by atoms with Crippen LogP contribution in [0.25, 0.3) is 0 Å². The van der Waals surface area contributed by atoms with Crippen LogP contribution in [0, 0.1) is 17.3 Å². The Morgan fingerprint density at radius 2 is 1.94 bits per heavy atom. The van der Waals surface area contributed by atoms with E-state index in [1.807, 2.05) is 13.8 Å². The lowest BCUT2D eigenvalue weighted by atomic mass is 9.83. The second-order valence-electron chi connectivity index (χ2n) is 6.50. The molecule has 2 N–H and O–H groups in total. The summed E-state index contributed by atoms with van der Waals surface area (Å²) in [6.07, 6.45) is 2.86. The van der Waals surface area contributed by atoms with Gasteiger partial charge in [0, 0.05) is 11.5 Å². The molecule has 1 aliphatic carbocycles. The zero-order chi connectivity index (χ0) is 13.9. The average molecular weight is 255 g/mol. The minimum absolute atomic E-state index is 0.0324. The molecule has 0 bridgehead atoms. The first kappa shape index (κ1) is 15.0. The Bertz CT molecular complexity index is 323. The Morgan fingerprint density at radius 1 is 1.33 bits per heavy atom. The predicted molar refractivity (Wildman–Crippen MR) is 70.1 cm³/mol. The second-order valence-corrected chi connectivity index (χ2v) is 6.50. The normalized spacial score (nSPS) is 24.3. The highest BCUT2D eigenvalue weighted by Gasteiger charge is 2.34. The van der Waals surface area contributed by atoms with Crippen LogP contribution in [0.4, 0.5) is 0 Å². The molecule has 0 heterocycles. The minimum atomic E-state index is -0.742. The lowest BCUT2D eigenvalue weighted by molar-refractivity contribution is -0.141. The number of hydrogen-bond donors (Lipinski definition) is 2. The Labute approximate surface area is 109 Å². The lowest BCUT2D eigenvalue weighted by Gasteiger charge is -2.27. The molecule has 1 rings (SSSR count). The molecule has 0 spiro atoms. The number of hydrogen-bond acceptors (Lipinski definition) is 2. The molecule has 0 radical (unpaired) electrons. The van der Waals surface area contributed by atoms with Gasteiger partial charge >= 0.3 is 5.97 Å².